The third-order valence-electron chi connectivity index (χ3n) is 4.41. The highest BCUT2D eigenvalue weighted by Gasteiger charge is 2.54. The van der Waals surface area contributed by atoms with Crippen LogP contribution in [-0.2, 0) is 31.9 Å². The molecule has 0 spiro atoms. The van der Waals surface area contributed by atoms with Gasteiger partial charge in [0, 0.05) is 6.42 Å². The molecule has 1 aromatic rings. The fraction of sp³-hybridized carbons (Fsp3) is 0.412. The van der Waals surface area contributed by atoms with E-state index < -0.39 is 29.2 Å². The van der Waals surface area contributed by atoms with Gasteiger partial charge in [-0.2, -0.15) is 0 Å². The molecule has 7 nitrogen and oxygen atoms in total. The van der Waals surface area contributed by atoms with E-state index >= 15 is 0 Å². The second-order valence-corrected chi connectivity index (χ2v) is 5.79. The summed E-state index contributed by atoms with van der Waals surface area (Å²) in [6.07, 6.45) is 0.0820. The van der Waals surface area contributed by atoms with Crippen LogP contribution in [0.5, 0.6) is 0 Å². The molecular weight excluding hydrogens is 314 g/mol. The third-order valence-corrected chi connectivity index (χ3v) is 4.41. The van der Waals surface area contributed by atoms with Gasteiger partial charge >= 0.3 is 11.9 Å². The fourth-order valence-corrected chi connectivity index (χ4v) is 3.34. The Morgan fingerprint density at radius 1 is 1.04 bits per heavy atom. The standard InChI is InChI=1S/C17H17NO6/c1-3-23-15(21)17(16(22)24-4-2)7-9-5-6-10-12(11(9)8-17)14(20)18-13(10)19/h5-6H,3-4,7-8H2,1-2H3,(H,18,19,20). The molecule has 0 unspecified atom stereocenters. The van der Waals surface area contributed by atoms with Crippen LogP contribution in [0.15, 0.2) is 12.1 Å². The second kappa shape index (κ2) is 5.74. The molecule has 1 aliphatic carbocycles. The van der Waals surface area contributed by atoms with E-state index in [-0.39, 0.29) is 37.2 Å². The molecule has 0 saturated heterocycles. The molecular formula is C17H17NO6. The lowest BCUT2D eigenvalue weighted by atomic mass is 9.84. The number of esters is 2. The number of benzene rings is 1. The van der Waals surface area contributed by atoms with Crippen molar-refractivity contribution in [3.8, 4) is 0 Å². The normalized spacial score (nSPS) is 17.1. The SMILES string of the molecule is CCOC(=O)C1(C(=O)OCC)Cc2ccc3c(c2C1)C(=O)NC3=O. The number of imide groups is 1. The van der Waals surface area contributed by atoms with Crippen LogP contribution in [0.2, 0.25) is 0 Å². The molecule has 0 fully saturated rings. The minimum absolute atomic E-state index is 0.0100. The van der Waals surface area contributed by atoms with Crippen LogP contribution in [0.3, 0.4) is 0 Å². The average Bonchev–Trinajstić information content (AvgIpc) is 3.07. The van der Waals surface area contributed by atoms with Gasteiger partial charge in [0.25, 0.3) is 11.8 Å². The van der Waals surface area contributed by atoms with Gasteiger partial charge in [-0.05, 0) is 37.5 Å². The molecule has 3 rings (SSSR count). The monoisotopic (exact) mass is 331 g/mol. The zero-order valence-electron chi connectivity index (χ0n) is 13.4. The van der Waals surface area contributed by atoms with Crippen LogP contribution < -0.4 is 5.32 Å². The van der Waals surface area contributed by atoms with Crippen molar-refractivity contribution >= 4 is 23.8 Å². The van der Waals surface area contributed by atoms with Crippen LogP contribution in [0.4, 0.5) is 0 Å². The number of hydrogen-bond acceptors (Lipinski definition) is 6. The van der Waals surface area contributed by atoms with E-state index in [2.05, 4.69) is 5.32 Å². The Balaban J connectivity index is 2.08. The Bertz CT molecular complexity index is 749. The molecule has 0 radical (unpaired) electrons. The summed E-state index contributed by atoms with van der Waals surface area (Å²) in [4.78, 5) is 48.9. The third kappa shape index (κ3) is 2.19. The largest absolute Gasteiger partial charge is 0.465 e. The molecule has 0 bridgehead atoms. The van der Waals surface area contributed by atoms with E-state index in [1.807, 2.05) is 0 Å². The van der Waals surface area contributed by atoms with Gasteiger partial charge in [0.2, 0.25) is 0 Å². The topological polar surface area (TPSA) is 98.8 Å². The van der Waals surface area contributed by atoms with E-state index in [1.54, 1.807) is 26.0 Å². The summed E-state index contributed by atoms with van der Waals surface area (Å²) in [5.74, 6) is -2.31. The molecule has 7 heteroatoms. The molecule has 0 aromatic heterocycles. The highest BCUT2D eigenvalue weighted by atomic mass is 16.6. The number of carbonyl (C=O) groups excluding carboxylic acids is 4. The van der Waals surface area contributed by atoms with Crippen molar-refractivity contribution in [3.63, 3.8) is 0 Å². The first kappa shape index (κ1) is 16.2. The highest BCUT2D eigenvalue weighted by Crippen LogP contribution is 2.42. The van der Waals surface area contributed by atoms with E-state index in [1.165, 1.54) is 0 Å². The van der Waals surface area contributed by atoms with E-state index in [4.69, 9.17) is 9.47 Å². The smallest absolute Gasteiger partial charge is 0.324 e. The van der Waals surface area contributed by atoms with Gasteiger partial charge in [-0.25, -0.2) is 0 Å². The van der Waals surface area contributed by atoms with Gasteiger partial charge in [0.1, 0.15) is 0 Å². The first-order valence-corrected chi connectivity index (χ1v) is 7.79. The number of hydrogen-bond donors (Lipinski definition) is 1. The van der Waals surface area contributed by atoms with Crippen molar-refractivity contribution < 1.29 is 28.7 Å². The van der Waals surface area contributed by atoms with Gasteiger partial charge in [-0.1, -0.05) is 6.07 Å². The van der Waals surface area contributed by atoms with Crippen molar-refractivity contribution in [1.82, 2.24) is 5.32 Å². The van der Waals surface area contributed by atoms with Crippen LogP contribution in [0, 0.1) is 5.41 Å². The molecule has 1 heterocycles. The molecule has 1 aliphatic heterocycles. The van der Waals surface area contributed by atoms with Crippen molar-refractivity contribution in [3.05, 3.63) is 34.4 Å². The maximum atomic E-state index is 12.5. The summed E-state index contributed by atoms with van der Waals surface area (Å²) in [5, 5.41) is 2.24. The van der Waals surface area contributed by atoms with Crippen LogP contribution in [0.25, 0.3) is 0 Å². The second-order valence-electron chi connectivity index (χ2n) is 5.79. The summed E-state index contributed by atoms with van der Waals surface area (Å²) in [6, 6.07) is 3.22. The predicted molar refractivity (Wildman–Crippen MR) is 81.3 cm³/mol. The maximum absolute atomic E-state index is 12.5. The van der Waals surface area contributed by atoms with Crippen LogP contribution in [0.1, 0.15) is 45.7 Å². The molecule has 2 aliphatic rings. The molecule has 2 amide bonds. The van der Waals surface area contributed by atoms with Gasteiger partial charge in [-0.15, -0.1) is 0 Å². The summed E-state index contributed by atoms with van der Waals surface area (Å²) >= 11 is 0. The summed E-state index contributed by atoms with van der Waals surface area (Å²) < 4.78 is 10.2. The van der Waals surface area contributed by atoms with Crippen molar-refractivity contribution in [1.29, 1.82) is 0 Å². The number of nitrogens with one attached hydrogen (secondary N) is 1. The Morgan fingerprint density at radius 2 is 1.67 bits per heavy atom. The average molecular weight is 331 g/mol. The molecule has 24 heavy (non-hydrogen) atoms. The van der Waals surface area contributed by atoms with Crippen LogP contribution >= 0.6 is 0 Å². The number of fused-ring (bicyclic) bond motifs is 3. The molecule has 0 atom stereocenters. The zero-order valence-corrected chi connectivity index (χ0v) is 13.4. The predicted octanol–water partition coefficient (Wildman–Crippen LogP) is 0.781. The van der Waals surface area contributed by atoms with Gasteiger partial charge < -0.3 is 9.47 Å². The van der Waals surface area contributed by atoms with Crippen LogP contribution in [-0.4, -0.2) is 37.0 Å². The summed E-state index contributed by atoms with van der Waals surface area (Å²) in [5.41, 5.74) is 0.224. The molecule has 1 N–H and O–H groups in total. The summed E-state index contributed by atoms with van der Waals surface area (Å²) in [6.45, 7) is 3.58. The van der Waals surface area contributed by atoms with Crippen molar-refractivity contribution in [2.24, 2.45) is 5.41 Å². The number of carbonyl (C=O) groups is 4. The minimum Gasteiger partial charge on any atom is -0.465 e. The summed E-state index contributed by atoms with van der Waals surface area (Å²) in [7, 11) is 0. The number of rotatable bonds is 4. The number of ether oxygens (including phenoxy) is 2. The lowest BCUT2D eigenvalue weighted by molar-refractivity contribution is -0.171. The lowest BCUT2D eigenvalue weighted by Crippen LogP contribution is -2.43. The quantitative estimate of drug-likeness (QED) is 0.497. The minimum atomic E-state index is -1.50. The van der Waals surface area contributed by atoms with E-state index in [0.29, 0.717) is 11.1 Å². The first-order chi connectivity index (χ1) is 11.4. The Kier molecular flexibility index (Phi) is 3.87. The highest BCUT2D eigenvalue weighted by molar-refractivity contribution is 6.22. The zero-order chi connectivity index (χ0) is 17.5. The molecule has 0 saturated carbocycles. The Hall–Kier alpha value is -2.70. The number of amides is 2. The van der Waals surface area contributed by atoms with Gasteiger partial charge in [0.05, 0.1) is 24.3 Å². The Morgan fingerprint density at radius 3 is 2.25 bits per heavy atom. The van der Waals surface area contributed by atoms with Crippen molar-refractivity contribution in [2.45, 2.75) is 26.7 Å². The first-order valence-electron chi connectivity index (χ1n) is 7.79. The van der Waals surface area contributed by atoms with E-state index in [0.717, 1.165) is 0 Å². The molecule has 1 aromatic carbocycles. The molecule has 126 valence electrons. The van der Waals surface area contributed by atoms with Gasteiger partial charge in [0.15, 0.2) is 5.41 Å². The van der Waals surface area contributed by atoms with Crippen molar-refractivity contribution in [2.75, 3.05) is 13.2 Å². The Labute approximate surface area is 138 Å². The lowest BCUT2D eigenvalue weighted by Gasteiger charge is -2.24. The fourth-order valence-electron chi connectivity index (χ4n) is 3.34. The van der Waals surface area contributed by atoms with E-state index in [9.17, 15) is 19.2 Å². The van der Waals surface area contributed by atoms with Gasteiger partial charge in [-0.3, -0.25) is 24.5 Å². The maximum Gasteiger partial charge on any atom is 0.324 e.